The van der Waals surface area contributed by atoms with Gasteiger partial charge >= 0.3 is 5.97 Å². The number of carbonyl (C=O) groups is 1. The Kier molecular flexibility index (Phi) is 2.74. The summed E-state index contributed by atoms with van der Waals surface area (Å²) in [5.74, 6) is -0.749. The van der Waals surface area contributed by atoms with Crippen LogP contribution in [0.1, 0.15) is 25.7 Å². The number of hydrogen-bond acceptors (Lipinski definition) is 3. The van der Waals surface area contributed by atoms with E-state index in [4.69, 9.17) is 9.84 Å². The lowest BCUT2D eigenvalue weighted by molar-refractivity contribution is -0.139. The van der Waals surface area contributed by atoms with Crippen LogP contribution in [0, 0.1) is 5.41 Å². The van der Waals surface area contributed by atoms with Gasteiger partial charge in [0.05, 0.1) is 19.1 Å². The maximum absolute atomic E-state index is 10.5. The van der Waals surface area contributed by atoms with Crippen LogP contribution in [0.5, 0.6) is 0 Å². The highest BCUT2D eigenvalue weighted by molar-refractivity contribution is 5.67. The van der Waals surface area contributed by atoms with Gasteiger partial charge in [-0.25, -0.2) is 0 Å². The molecule has 2 rings (SSSR count). The molecule has 1 unspecified atom stereocenters. The monoisotopic (exact) mass is 199 g/mol. The molecule has 2 aliphatic rings. The molecule has 0 aromatic carbocycles. The predicted molar refractivity (Wildman–Crippen MR) is 51.1 cm³/mol. The van der Waals surface area contributed by atoms with E-state index in [0.29, 0.717) is 0 Å². The molecule has 0 aromatic rings. The Hall–Kier alpha value is -0.610. The van der Waals surface area contributed by atoms with Crippen LogP contribution in [0.4, 0.5) is 0 Å². The smallest absolute Gasteiger partial charge is 0.305 e. The highest BCUT2D eigenvalue weighted by atomic mass is 16.5. The third-order valence-corrected chi connectivity index (χ3v) is 3.35. The number of aliphatic carboxylic acids is 1. The van der Waals surface area contributed by atoms with E-state index in [1.54, 1.807) is 0 Å². The Morgan fingerprint density at radius 2 is 2.21 bits per heavy atom. The minimum atomic E-state index is -0.749. The van der Waals surface area contributed by atoms with E-state index in [9.17, 15) is 4.79 Å². The fourth-order valence-electron chi connectivity index (χ4n) is 2.53. The van der Waals surface area contributed by atoms with Crippen molar-refractivity contribution >= 4 is 5.97 Å². The minimum absolute atomic E-state index is 0.0504. The number of piperidine rings is 1. The summed E-state index contributed by atoms with van der Waals surface area (Å²) < 4.78 is 5.55. The molecule has 2 N–H and O–H groups in total. The topological polar surface area (TPSA) is 58.6 Å². The summed E-state index contributed by atoms with van der Waals surface area (Å²) in [5, 5.41) is 12.0. The first-order chi connectivity index (χ1) is 6.70. The van der Waals surface area contributed by atoms with E-state index >= 15 is 0 Å². The highest BCUT2D eigenvalue weighted by Crippen LogP contribution is 2.41. The summed E-state index contributed by atoms with van der Waals surface area (Å²) >= 11 is 0. The van der Waals surface area contributed by atoms with Crippen LogP contribution in [0.3, 0.4) is 0 Å². The number of ether oxygens (including phenoxy) is 1. The van der Waals surface area contributed by atoms with Crippen molar-refractivity contribution in [2.75, 3.05) is 19.7 Å². The first-order valence-corrected chi connectivity index (χ1v) is 5.24. The zero-order valence-corrected chi connectivity index (χ0v) is 8.29. The van der Waals surface area contributed by atoms with Crippen LogP contribution in [0.2, 0.25) is 0 Å². The van der Waals surface area contributed by atoms with Crippen molar-refractivity contribution < 1.29 is 14.6 Å². The van der Waals surface area contributed by atoms with Crippen molar-refractivity contribution in [2.24, 2.45) is 5.41 Å². The molecule has 2 saturated heterocycles. The van der Waals surface area contributed by atoms with Crippen molar-refractivity contribution in [2.45, 2.75) is 31.8 Å². The molecular formula is C10H17NO3. The number of rotatable bonds is 2. The number of carboxylic acid groups (broad SMARTS) is 1. The molecule has 0 aromatic heterocycles. The molecule has 4 heteroatoms. The molecule has 4 nitrogen and oxygen atoms in total. The third-order valence-electron chi connectivity index (χ3n) is 3.35. The molecule has 2 heterocycles. The number of carboxylic acids is 1. The summed E-state index contributed by atoms with van der Waals surface area (Å²) in [6.45, 7) is 2.85. The van der Waals surface area contributed by atoms with Gasteiger partial charge in [-0.05, 0) is 37.8 Å². The Morgan fingerprint density at radius 3 is 2.86 bits per heavy atom. The molecule has 1 spiro atoms. The first kappa shape index (κ1) is 9.93. The van der Waals surface area contributed by atoms with Crippen molar-refractivity contribution in [3.05, 3.63) is 0 Å². The highest BCUT2D eigenvalue weighted by Gasteiger charge is 2.41. The fraction of sp³-hybridized carbons (Fsp3) is 0.900. The van der Waals surface area contributed by atoms with Crippen LogP contribution in [0.25, 0.3) is 0 Å². The molecule has 80 valence electrons. The predicted octanol–water partition coefficient (Wildman–Crippen LogP) is 0.620. The van der Waals surface area contributed by atoms with Crippen molar-refractivity contribution in [1.82, 2.24) is 5.32 Å². The zero-order chi connectivity index (χ0) is 10.0. The van der Waals surface area contributed by atoms with Gasteiger partial charge in [-0.2, -0.15) is 0 Å². The van der Waals surface area contributed by atoms with Crippen molar-refractivity contribution in [3.63, 3.8) is 0 Å². The van der Waals surface area contributed by atoms with E-state index in [0.717, 1.165) is 39.0 Å². The maximum atomic E-state index is 10.5. The standard InChI is InChI=1S/C10H17NO3/c12-9(13)5-8-6-10(7-14-8)1-3-11-4-2-10/h8,11H,1-7H2,(H,12,13). The summed E-state index contributed by atoms with van der Waals surface area (Å²) in [7, 11) is 0. The lowest BCUT2D eigenvalue weighted by atomic mass is 9.77. The SMILES string of the molecule is O=C(O)CC1CC2(CCNCC2)CO1. The average molecular weight is 199 g/mol. The van der Waals surface area contributed by atoms with Gasteiger partial charge < -0.3 is 15.2 Å². The quantitative estimate of drug-likeness (QED) is 0.684. The number of nitrogens with one attached hydrogen (secondary N) is 1. The van der Waals surface area contributed by atoms with Crippen molar-refractivity contribution in [3.8, 4) is 0 Å². The van der Waals surface area contributed by atoms with Crippen LogP contribution in [0.15, 0.2) is 0 Å². The van der Waals surface area contributed by atoms with Gasteiger partial charge in [-0.3, -0.25) is 4.79 Å². The molecule has 2 aliphatic heterocycles. The molecule has 2 fully saturated rings. The maximum Gasteiger partial charge on any atom is 0.305 e. The van der Waals surface area contributed by atoms with Gasteiger partial charge in [0.15, 0.2) is 0 Å². The Balaban J connectivity index is 1.89. The van der Waals surface area contributed by atoms with Gasteiger partial charge in [0.1, 0.15) is 0 Å². The van der Waals surface area contributed by atoms with E-state index in [1.807, 2.05) is 0 Å². The second-order valence-electron chi connectivity index (χ2n) is 4.48. The van der Waals surface area contributed by atoms with Gasteiger partial charge in [-0.15, -0.1) is 0 Å². The van der Waals surface area contributed by atoms with E-state index in [-0.39, 0.29) is 17.9 Å². The van der Waals surface area contributed by atoms with Gasteiger partial charge in [0, 0.05) is 0 Å². The average Bonchev–Trinajstić information content (AvgIpc) is 2.49. The Morgan fingerprint density at radius 1 is 1.50 bits per heavy atom. The molecule has 1 atom stereocenters. The second kappa shape index (κ2) is 3.87. The summed E-state index contributed by atoms with van der Waals surface area (Å²) in [6.07, 6.45) is 3.30. The third kappa shape index (κ3) is 2.07. The van der Waals surface area contributed by atoms with Gasteiger partial charge in [-0.1, -0.05) is 0 Å². The second-order valence-corrected chi connectivity index (χ2v) is 4.48. The van der Waals surface area contributed by atoms with E-state index < -0.39 is 5.97 Å². The summed E-state index contributed by atoms with van der Waals surface area (Å²) in [4.78, 5) is 10.5. The van der Waals surface area contributed by atoms with Crippen LogP contribution in [-0.4, -0.2) is 36.9 Å². The van der Waals surface area contributed by atoms with Crippen LogP contribution < -0.4 is 5.32 Å². The molecule has 14 heavy (non-hydrogen) atoms. The zero-order valence-electron chi connectivity index (χ0n) is 8.29. The van der Waals surface area contributed by atoms with E-state index in [2.05, 4.69) is 5.32 Å². The normalized spacial score (nSPS) is 30.7. The number of hydrogen-bond donors (Lipinski definition) is 2. The fourth-order valence-corrected chi connectivity index (χ4v) is 2.53. The molecule has 0 bridgehead atoms. The lowest BCUT2D eigenvalue weighted by Gasteiger charge is -2.32. The van der Waals surface area contributed by atoms with Gasteiger partial charge in [0.2, 0.25) is 0 Å². The molecule has 0 radical (unpaired) electrons. The van der Waals surface area contributed by atoms with Crippen LogP contribution >= 0.6 is 0 Å². The van der Waals surface area contributed by atoms with E-state index in [1.165, 1.54) is 0 Å². The first-order valence-electron chi connectivity index (χ1n) is 5.24. The minimum Gasteiger partial charge on any atom is -0.481 e. The van der Waals surface area contributed by atoms with Crippen LogP contribution in [-0.2, 0) is 9.53 Å². The molecule has 0 saturated carbocycles. The molecular weight excluding hydrogens is 182 g/mol. The largest absolute Gasteiger partial charge is 0.481 e. The Labute approximate surface area is 83.6 Å². The summed E-state index contributed by atoms with van der Waals surface area (Å²) in [5.41, 5.74) is 0.283. The lowest BCUT2D eigenvalue weighted by Crippen LogP contribution is -2.37. The molecule has 0 aliphatic carbocycles. The Bertz CT molecular complexity index is 223. The van der Waals surface area contributed by atoms with Crippen molar-refractivity contribution in [1.29, 1.82) is 0 Å². The van der Waals surface area contributed by atoms with Gasteiger partial charge in [0.25, 0.3) is 0 Å². The molecule has 0 amide bonds. The summed E-state index contributed by atoms with van der Waals surface area (Å²) in [6, 6.07) is 0.